The fourth-order valence-electron chi connectivity index (χ4n) is 3.95. The van der Waals surface area contributed by atoms with Gasteiger partial charge >= 0.3 is 0 Å². The molecule has 0 spiro atoms. The van der Waals surface area contributed by atoms with Crippen molar-refractivity contribution < 1.29 is 17.4 Å². The number of aromatic nitrogens is 1. The van der Waals surface area contributed by atoms with Gasteiger partial charge in [0, 0.05) is 61.2 Å². The zero-order valence-electron chi connectivity index (χ0n) is 16.5. The molecule has 2 aromatic carbocycles. The Kier molecular flexibility index (Phi) is 4.67. The number of anilines is 1. The van der Waals surface area contributed by atoms with E-state index < -0.39 is 28.6 Å². The standard InChI is InChI=1S/C22H22F3N3OS/c1-27(13-14-12-22(14,24)25)19-8-7-15(30(29)28-9-4-10-28)11-17(19)21-20(23)16-5-2-3-6-18(16)26-21/h2-3,5-8,11,14,26H,4,9-10,12-13H2,1H3/t14-,30?/m1/s1. The summed E-state index contributed by atoms with van der Waals surface area (Å²) in [6, 6.07) is 12.3. The first-order chi connectivity index (χ1) is 14.3. The average molecular weight is 433 g/mol. The lowest BCUT2D eigenvalue weighted by molar-refractivity contribution is 0.100. The van der Waals surface area contributed by atoms with Gasteiger partial charge in [0.05, 0.1) is 10.6 Å². The number of nitrogens with zero attached hydrogens (tertiary/aromatic N) is 2. The van der Waals surface area contributed by atoms with Crippen LogP contribution in [0.15, 0.2) is 47.4 Å². The van der Waals surface area contributed by atoms with Gasteiger partial charge in [0.25, 0.3) is 5.92 Å². The molecule has 1 unspecified atom stereocenters. The van der Waals surface area contributed by atoms with Gasteiger partial charge in [-0.3, -0.25) is 0 Å². The molecule has 0 radical (unpaired) electrons. The molecule has 0 bridgehead atoms. The van der Waals surface area contributed by atoms with Crippen molar-refractivity contribution in [2.75, 3.05) is 31.6 Å². The Morgan fingerprint density at radius 1 is 1.23 bits per heavy atom. The SMILES string of the molecule is CN(C[C@H]1CC1(F)F)c1ccc(S(=O)N2CCC2)cc1-c1[nH]c2ccccc2c1F. The summed E-state index contributed by atoms with van der Waals surface area (Å²) < 4.78 is 56.9. The molecule has 2 heterocycles. The number of fused-ring (bicyclic) bond motifs is 1. The predicted octanol–water partition coefficient (Wildman–Crippen LogP) is 4.79. The number of H-pyrrole nitrogens is 1. The monoisotopic (exact) mass is 433 g/mol. The van der Waals surface area contributed by atoms with Crippen LogP contribution < -0.4 is 4.90 Å². The minimum absolute atomic E-state index is 0.121. The average Bonchev–Trinajstić information content (AvgIpc) is 3.14. The number of hydrogen-bond donors (Lipinski definition) is 1. The first-order valence-corrected chi connectivity index (χ1v) is 11.1. The third-order valence-electron chi connectivity index (χ3n) is 5.99. The minimum Gasteiger partial charge on any atom is -0.374 e. The Balaban J connectivity index is 1.59. The Bertz CT molecular complexity index is 1140. The van der Waals surface area contributed by atoms with Crippen molar-refractivity contribution in [3.63, 3.8) is 0 Å². The molecule has 1 aliphatic carbocycles. The summed E-state index contributed by atoms with van der Waals surface area (Å²) in [5, 5.41) is 0.462. The lowest BCUT2D eigenvalue weighted by Gasteiger charge is -2.29. The van der Waals surface area contributed by atoms with Gasteiger partial charge in [-0.25, -0.2) is 21.7 Å². The van der Waals surface area contributed by atoms with Gasteiger partial charge in [-0.2, -0.15) is 0 Å². The van der Waals surface area contributed by atoms with E-state index in [0.29, 0.717) is 27.0 Å². The molecule has 2 aliphatic rings. The predicted molar refractivity (Wildman–Crippen MR) is 113 cm³/mol. The molecule has 5 rings (SSSR count). The van der Waals surface area contributed by atoms with Crippen LogP contribution in [0.25, 0.3) is 22.2 Å². The second-order valence-corrected chi connectivity index (χ2v) is 9.60. The summed E-state index contributed by atoms with van der Waals surface area (Å²) in [6.45, 7) is 1.71. The highest BCUT2D eigenvalue weighted by Gasteiger charge is 2.57. The summed E-state index contributed by atoms with van der Waals surface area (Å²) in [4.78, 5) is 5.44. The van der Waals surface area contributed by atoms with Gasteiger partial charge in [0.15, 0.2) is 5.82 Å². The van der Waals surface area contributed by atoms with Crippen molar-refractivity contribution in [1.82, 2.24) is 9.29 Å². The highest BCUT2D eigenvalue weighted by molar-refractivity contribution is 7.82. The fraction of sp³-hybridized carbons (Fsp3) is 0.364. The van der Waals surface area contributed by atoms with E-state index in [2.05, 4.69) is 4.98 Å². The molecule has 2 atom stereocenters. The normalized spacial score (nSPS) is 21.4. The Hall–Kier alpha value is -2.32. The second kappa shape index (κ2) is 7.13. The van der Waals surface area contributed by atoms with E-state index in [1.54, 1.807) is 48.3 Å². The lowest BCUT2D eigenvalue weighted by Crippen LogP contribution is -2.38. The molecule has 1 saturated carbocycles. The molecule has 3 aromatic rings. The van der Waals surface area contributed by atoms with E-state index in [1.165, 1.54) is 0 Å². The van der Waals surface area contributed by atoms with E-state index in [4.69, 9.17) is 0 Å². The number of benzene rings is 2. The van der Waals surface area contributed by atoms with Crippen molar-refractivity contribution in [1.29, 1.82) is 0 Å². The number of nitrogens with one attached hydrogen (secondary N) is 1. The van der Waals surface area contributed by atoms with Gasteiger partial charge in [0.2, 0.25) is 0 Å². The molecule has 1 aliphatic heterocycles. The van der Waals surface area contributed by atoms with Crippen molar-refractivity contribution >= 4 is 27.6 Å². The Morgan fingerprint density at radius 2 is 1.97 bits per heavy atom. The molecule has 4 nitrogen and oxygen atoms in total. The van der Waals surface area contributed by atoms with Crippen LogP contribution in [0.4, 0.5) is 18.9 Å². The van der Waals surface area contributed by atoms with Crippen LogP contribution in [0.2, 0.25) is 0 Å². The number of halogens is 3. The van der Waals surface area contributed by atoms with E-state index in [9.17, 15) is 13.0 Å². The van der Waals surface area contributed by atoms with E-state index >= 15 is 4.39 Å². The molecule has 0 amide bonds. The maximum Gasteiger partial charge on any atom is 0.253 e. The van der Waals surface area contributed by atoms with Gasteiger partial charge in [-0.05, 0) is 36.8 Å². The smallest absolute Gasteiger partial charge is 0.253 e. The molecule has 1 saturated heterocycles. The fourth-order valence-corrected chi connectivity index (χ4v) is 5.24. The zero-order valence-corrected chi connectivity index (χ0v) is 17.3. The number of rotatable bonds is 6. The third-order valence-corrected chi connectivity index (χ3v) is 7.48. The van der Waals surface area contributed by atoms with Crippen molar-refractivity contribution in [2.24, 2.45) is 5.92 Å². The minimum atomic E-state index is -2.63. The van der Waals surface area contributed by atoms with Crippen LogP contribution in [0.5, 0.6) is 0 Å². The summed E-state index contributed by atoms with van der Waals surface area (Å²) in [5.41, 5.74) is 2.10. The number of aromatic amines is 1. The molecule has 2 fully saturated rings. The summed E-state index contributed by atoms with van der Waals surface area (Å²) in [6.07, 6.45) is 0.885. The van der Waals surface area contributed by atoms with Crippen LogP contribution in [0.3, 0.4) is 0 Å². The lowest BCUT2D eigenvalue weighted by atomic mass is 10.1. The van der Waals surface area contributed by atoms with Gasteiger partial charge in [0.1, 0.15) is 11.0 Å². The molecule has 8 heteroatoms. The first-order valence-electron chi connectivity index (χ1n) is 10.0. The number of para-hydroxylation sites is 1. The molecule has 1 N–H and O–H groups in total. The van der Waals surface area contributed by atoms with Crippen LogP contribution in [-0.2, 0) is 11.0 Å². The third kappa shape index (κ3) is 3.32. The van der Waals surface area contributed by atoms with Crippen LogP contribution in [0, 0.1) is 11.7 Å². The van der Waals surface area contributed by atoms with Crippen molar-refractivity contribution in [2.45, 2.75) is 23.7 Å². The summed E-state index contributed by atoms with van der Waals surface area (Å²) in [5.74, 6) is -3.72. The molecular formula is C22H22F3N3OS. The second-order valence-electron chi connectivity index (χ2n) is 8.11. The van der Waals surface area contributed by atoms with Gasteiger partial charge < -0.3 is 9.88 Å². The highest BCUT2D eigenvalue weighted by atomic mass is 32.2. The van der Waals surface area contributed by atoms with E-state index in [-0.39, 0.29) is 18.7 Å². The Morgan fingerprint density at radius 3 is 2.60 bits per heavy atom. The summed E-state index contributed by atoms with van der Waals surface area (Å²) in [7, 11) is 0.412. The van der Waals surface area contributed by atoms with E-state index in [1.807, 2.05) is 10.4 Å². The van der Waals surface area contributed by atoms with Crippen LogP contribution in [0.1, 0.15) is 12.8 Å². The van der Waals surface area contributed by atoms with Crippen LogP contribution >= 0.6 is 0 Å². The van der Waals surface area contributed by atoms with Gasteiger partial charge in [-0.15, -0.1) is 0 Å². The number of hydrogen-bond acceptors (Lipinski definition) is 2. The summed E-state index contributed by atoms with van der Waals surface area (Å²) >= 11 is 0. The molecule has 158 valence electrons. The number of alkyl halides is 2. The highest BCUT2D eigenvalue weighted by Crippen LogP contribution is 2.49. The molecule has 30 heavy (non-hydrogen) atoms. The Labute approximate surface area is 175 Å². The maximum atomic E-state index is 15.3. The largest absolute Gasteiger partial charge is 0.374 e. The van der Waals surface area contributed by atoms with Crippen molar-refractivity contribution in [3.05, 3.63) is 48.3 Å². The first kappa shape index (κ1) is 19.6. The van der Waals surface area contributed by atoms with Gasteiger partial charge in [-0.1, -0.05) is 12.1 Å². The van der Waals surface area contributed by atoms with Crippen LogP contribution in [-0.4, -0.2) is 46.1 Å². The topological polar surface area (TPSA) is 39.3 Å². The van der Waals surface area contributed by atoms with Crippen molar-refractivity contribution in [3.8, 4) is 11.3 Å². The molecular weight excluding hydrogens is 411 g/mol. The molecule has 1 aromatic heterocycles. The van der Waals surface area contributed by atoms with E-state index in [0.717, 1.165) is 19.5 Å². The zero-order chi connectivity index (χ0) is 21.0. The maximum absolute atomic E-state index is 15.3. The quantitative estimate of drug-likeness (QED) is 0.607.